The molecule has 126 valence electrons. The van der Waals surface area contributed by atoms with Gasteiger partial charge >= 0.3 is 5.97 Å². The predicted octanol–water partition coefficient (Wildman–Crippen LogP) is 2.08. The maximum atomic E-state index is 13.1. The molecule has 1 unspecified atom stereocenters. The van der Waals surface area contributed by atoms with Crippen LogP contribution in [0.15, 0.2) is 18.2 Å². The number of carbonyl (C=O) groups excluding carboxylic acids is 1. The minimum Gasteiger partial charge on any atom is -0.481 e. The van der Waals surface area contributed by atoms with Crippen LogP contribution in [0, 0.1) is 5.41 Å². The summed E-state index contributed by atoms with van der Waals surface area (Å²) in [5, 5.41) is 9.36. The maximum absolute atomic E-state index is 13.1. The van der Waals surface area contributed by atoms with Gasteiger partial charge in [0.2, 0.25) is 0 Å². The highest BCUT2D eigenvalue weighted by Crippen LogP contribution is 2.59. The number of fused-ring (bicyclic) bond motifs is 1. The summed E-state index contributed by atoms with van der Waals surface area (Å²) in [7, 11) is 0. The molecular weight excluding hydrogens is 306 g/mol. The Bertz CT molecular complexity index is 750. The van der Waals surface area contributed by atoms with Crippen molar-refractivity contribution in [1.29, 1.82) is 0 Å². The van der Waals surface area contributed by atoms with Crippen molar-refractivity contribution in [2.24, 2.45) is 5.41 Å². The second-order valence-electron chi connectivity index (χ2n) is 7.99. The second-order valence-corrected chi connectivity index (χ2v) is 7.99. The van der Waals surface area contributed by atoms with Gasteiger partial charge in [-0.15, -0.1) is 0 Å². The molecule has 1 N–H and O–H groups in total. The molecule has 1 saturated carbocycles. The Morgan fingerprint density at radius 1 is 1.25 bits per heavy atom. The highest BCUT2D eigenvalue weighted by Gasteiger charge is 2.70. The van der Waals surface area contributed by atoms with Crippen LogP contribution in [0.25, 0.3) is 0 Å². The topological polar surface area (TPSA) is 66.8 Å². The van der Waals surface area contributed by atoms with E-state index in [0.29, 0.717) is 25.3 Å². The minimum absolute atomic E-state index is 0.00139. The number of carboxylic acids is 1. The average Bonchev–Trinajstić information content (AvgIpc) is 3.12. The van der Waals surface area contributed by atoms with Gasteiger partial charge in [-0.2, -0.15) is 0 Å². The number of carboxylic acid groups (broad SMARTS) is 1. The van der Waals surface area contributed by atoms with Crippen LogP contribution in [0.3, 0.4) is 0 Å². The zero-order valence-electron chi connectivity index (χ0n) is 13.6. The number of ether oxygens (including phenoxy) is 1. The average molecular weight is 327 g/mol. The van der Waals surface area contributed by atoms with Gasteiger partial charge in [0, 0.05) is 31.8 Å². The summed E-state index contributed by atoms with van der Waals surface area (Å²) < 4.78 is 5.72. The Morgan fingerprint density at radius 2 is 2.04 bits per heavy atom. The van der Waals surface area contributed by atoms with Gasteiger partial charge in [-0.05, 0) is 36.0 Å². The molecule has 0 aromatic heterocycles. The molecule has 1 atom stereocenters. The van der Waals surface area contributed by atoms with E-state index in [1.807, 2.05) is 4.90 Å². The molecule has 2 bridgehead atoms. The summed E-state index contributed by atoms with van der Waals surface area (Å²) in [6.45, 7) is 1.55. The molecule has 5 aliphatic rings. The molecule has 3 fully saturated rings. The standard InChI is InChI=1S/C19H21NO4/c21-16(19-9-18(10-19,11-24-19)17(22)23)20-7-13-5-1-3-12-4-2-6-14(8-20)15(12)13/h1,3,5,14H,2,4,6-11H2,(H,22,23). The molecule has 0 spiro atoms. The van der Waals surface area contributed by atoms with E-state index in [0.717, 1.165) is 19.4 Å². The smallest absolute Gasteiger partial charge is 0.312 e. The number of benzene rings is 1. The van der Waals surface area contributed by atoms with Crippen LogP contribution in [0.5, 0.6) is 0 Å². The van der Waals surface area contributed by atoms with E-state index >= 15 is 0 Å². The number of amides is 1. The molecule has 24 heavy (non-hydrogen) atoms. The predicted molar refractivity (Wildman–Crippen MR) is 85.5 cm³/mol. The van der Waals surface area contributed by atoms with E-state index < -0.39 is 17.0 Å². The number of rotatable bonds is 2. The number of aryl methyl sites for hydroxylation is 1. The van der Waals surface area contributed by atoms with Crippen LogP contribution in [0.2, 0.25) is 0 Å². The molecule has 2 aliphatic carbocycles. The fourth-order valence-corrected chi connectivity index (χ4v) is 5.34. The Balaban J connectivity index is 1.42. The molecule has 3 aliphatic heterocycles. The van der Waals surface area contributed by atoms with Gasteiger partial charge in [0.1, 0.15) is 5.60 Å². The van der Waals surface area contributed by atoms with Gasteiger partial charge in [-0.25, -0.2) is 0 Å². The van der Waals surface area contributed by atoms with Gasteiger partial charge < -0.3 is 14.7 Å². The largest absolute Gasteiger partial charge is 0.481 e. The Hall–Kier alpha value is -1.88. The van der Waals surface area contributed by atoms with Crippen LogP contribution in [0.4, 0.5) is 0 Å². The Morgan fingerprint density at radius 3 is 2.79 bits per heavy atom. The van der Waals surface area contributed by atoms with Gasteiger partial charge in [0.05, 0.1) is 12.0 Å². The van der Waals surface area contributed by atoms with Gasteiger partial charge in [-0.1, -0.05) is 18.2 Å². The minimum atomic E-state index is -0.873. The van der Waals surface area contributed by atoms with Crippen molar-refractivity contribution < 1.29 is 19.4 Å². The van der Waals surface area contributed by atoms with E-state index in [2.05, 4.69) is 18.2 Å². The fraction of sp³-hybridized carbons (Fsp3) is 0.579. The lowest BCUT2D eigenvalue weighted by Gasteiger charge is -2.45. The molecule has 0 radical (unpaired) electrons. The van der Waals surface area contributed by atoms with Crippen molar-refractivity contribution in [3.63, 3.8) is 0 Å². The SMILES string of the molecule is O=C(O)C12COC(C(=O)N3Cc4cccc5c4C(CCC5)C3)(C1)C2. The summed E-state index contributed by atoms with van der Waals surface area (Å²) in [6, 6.07) is 6.44. The molecule has 2 saturated heterocycles. The molecule has 1 amide bonds. The summed E-state index contributed by atoms with van der Waals surface area (Å²) in [5.41, 5.74) is 2.48. The first-order chi connectivity index (χ1) is 11.5. The van der Waals surface area contributed by atoms with Crippen molar-refractivity contribution in [3.05, 3.63) is 34.9 Å². The Labute approximate surface area is 140 Å². The zero-order valence-corrected chi connectivity index (χ0v) is 13.6. The first-order valence-electron chi connectivity index (χ1n) is 8.80. The fourth-order valence-electron chi connectivity index (χ4n) is 5.34. The van der Waals surface area contributed by atoms with Crippen LogP contribution in [-0.2, 0) is 27.3 Å². The number of aliphatic carboxylic acids is 1. The third kappa shape index (κ3) is 1.73. The number of hydrogen-bond donors (Lipinski definition) is 1. The molecule has 5 heteroatoms. The van der Waals surface area contributed by atoms with E-state index in [9.17, 15) is 14.7 Å². The number of carbonyl (C=O) groups is 2. The molecular formula is C19H21NO4. The van der Waals surface area contributed by atoms with Crippen LogP contribution >= 0.6 is 0 Å². The number of nitrogens with zero attached hydrogens (tertiary/aromatic N) is 1. The summed E-state index contributed by atoms with van der Waals surface area (Å²) in [6.07, 6.45) is 4.11. The van der Waals surface area contributed by atoms with Crippen molar-refractivity contribution in [2.45, 2.75) is 50.2 Å². The monoisotopic (exact) mass is 327 g/mol. The van der Waals surface area contributed by atoms with E-state index in [1.54, 1.807) is 0 Å². The second kappa shape index (κ2) is 4.60. The zero-order chi connectivity index (χ0) is 16.5. The molecule has 5 nitrogen and oxygen atoms in total. The normalized spacial score (nSPS) is 36.0. The van der Waals surface area contributed by atoms with Gasteiger partial charge in [0.25, 0.3) is 5.91 Å². The summed E-state index contributed by atoms with van der Waals surface area (Å²) in [5.74, 6) is -0.410. The molecule has 1 aromatic rings. The van der Waals surface area contributed by atoms with Crippen molar-refractivity contribution in [3.8, 4) is 0 Å². The van der Waals surface area contributed by atoms with Crippen LogP contribution < -0.4 is 0 Å². The summed E-state index contributed by atoms with van der Waals surface area (Å²) in [4.78, 5) is 26.4. The first-order valence-corrected chi connectivity index (χ1v) is 8.80. The van der Waals surface area contributed by atoms with E-state index in [1.165, 1.54) is 23.1 Å². The maximum Gasteiger partial charge on any atom is 0.312 e. The van der Waals surface area contributed by atoms with Crippen LogP contribution in [-0.4, -0.2) is 40.6 Å². The summed E-state index contributed by atoms with van der Waals surface area (Å²) >= 11 is 0. The van der Waals surface area contributed by atoms with Crippen molar-refractivity contribution >= 4 is 11.9 Å². The highest BCUT2D eigenvalue weighted by molar-refractivity contribution is 5.92. The lowest BCUT2D eigenvalue weighted by Crippen LogP contribution is -2.59. The highest BCUT2D eigenvalue weighted by atomic mass is 16.5. The van der Waals surface area contributed by atoms with Gasteiger partial charge in [0.15, 0.2) is 0 Å². The molecule has 1 aromatic carbocycles. The van der Waals surface area contributed by atoms with Gasteiger partial charge in [-0.3, -0.25) is 9.59 Å². The van der Waals surface area contributed by atoms with Crippen LogP contribution in [0.1, 0.15) is 48.3 Å². The Kier molecular flexibility index (Phi) is 2.77. The lowest BCUT2D eigenvalue weighted by atomic mass is 9.62. The van der Waals surface area contributed by atoms with E-state index in [-0.39, 0.29) is 12.5 Å². The lowest BCUT2D eigenvalue weighted by molar-refractivity contribution is -0.165. The molecule has 3 heterocycles. The third-order valence-corrected chi connectivity index (χ3v) is 6.50. The number of hydrogen-bond acceptors (Lipinski definition) is 3. The van der Waals surface area contributed by atoms with Crippen molar-refractivity contribution in [2.75, 3.05) is 13.2 Å². The first kappa shape index (κ1) is 14.5. The quantitative estimate of drug-likeness (QED) is 0.903. The van der Waals surface area contributed by atoms with Crippen molar-refractivity contribution in [1.82, 2.24) is 4.90 Å². The van der Waals surface area contributed by atoms with E-state index in [4.69, 9.17) is 4.74 Å². The third-order valence-electron chi connectivity index (χ3n) is 6.50. The molecule has 6 rings (SSSR count).